The van der Waals surface area contributed by atoms with E-state index in [9.17, 15) is 4.79 Å². The van der Waals surface area contributed by atoms with Crippen molar-refractivity contribution >= 4 is 21.9 Å². The van der Waals surface area contributed by atoms with Crippen molar-refractivity contribution in [3.63, 3.8) is 0 Å². The molecule has 2 atom stereocenters. The zero-order valence-corrected chi connectivity index (χ0v) is 10.2. The summed E-state index contributed by atoms with van der Waals surface area (Å²) in [5.74, 6) is 0.363. The fourth-order valence-electron chi connectivity index (χ4n) is 1.82. The van der Waals surface area contributed by atoms with Gasteiger partial charge in [-0.3, -0.25) is 4.79 Å². The molecule has 3 heteroatoms. The summed E-state index contributed by atoms with van der Waals surface area (Å²) in [6, 6.07) is 8.06. The molecule has 0 amide bonds. The average Bonchev–Trinajstić information content (AvgIpc) is 2.98. The van der Waals surface area contributed by atoms with Crippen LogP contribution in [0.3, 0.4) is 0 Å². The van der Waals surface area contributed by atoms with Crippen LogP contribution in [0.5, 0.6) is 0 Å². The summed E-state index contributed by atoms with van der Waals surface area (Å²) < 4.78 is 6.09. The van der Waals surface area contributed by atoms with Crippen LogP contribution in [-0.4, -0.2) is 12.6 Å². The molecule has 1 aromatic carbocycles. The molecule has 0 aliphatic heterocycles. The topological polar surface area (TPSA) is 26.3 Å². The Labute approximate surface area is 97.8 Å². The summed E-state index contributed by atoms with van der Waals surface area (Å²) in [7, 11) is 0. The van der Waals surface area contributed by atoms with E-state index in [0.29, 0.717) is 12.5 Å². The van der Waals surface area contributed by atoms with E-state index in [-0.39, 0.29) is 11.9 Å². The van der Waals surface area contributed by atoms with Crippen molar-refractivity contribution in [3.05, 3.63) is 34.3 Å². The number of halogens is 1. The largest absolute Gasteiger partial charge is 0.466 e. The van der Waals surface area contributed by atoms with Gasteiger partial charge in [0.1, 0.15) is 0 Å². The zero-order chi connectivity index (χ0) is 10.8. The van der Waals surface area contributed by atoms with E-state index in [1.54, 1.807) is 0 Å². The van der Waals surface area contributed by atoms with Crippen LogP contribution in [0.1, 0.15) is 24.8 Å². The number of esters is 1. The summed E-state index contributed by atoms with van der Waals surface area (Å²) in [6.07, 6.45) is 0.918. The van der Waals surface area contributed by atoms with E-state index in [4.69, 9.17) is 4.74 Å². The maximum absolute atomic E-state index is 11.5. The standard InChI is InChI=1S/C12H13BrO2/c1-2-15-12(14)10-7-9(10)8-5-3-4-6-11(8)13/h3-6,9-10H,2,7H2,1H3/t9-,10+/m1/s1. The van der Waals surface area contributed by atoms with Gasteiger partial charge in [-0.1, -0.05) is 34.1 Å². The minimum absolute atomic E-state index is 0.0572. The lowest BCUT2D eigenvalue weighted by Crippen LogP contribution is -2.07. The molecule has 15 heavy (non-hydrogen) atoms. The molecule has 0 N–H and O–H groups in total. The highest BCUT2D eigenvalue weighted by Crippen LogP contribution is 2.50. The molecule has 1 aliphatic rings. The first-order valence-corrected chi connectivity index (χ1v) is 5.94. The number of hydrogen-bond donors (Lipinski definition) is 0. The lowest BCUT2D eigenvalue weighted by molar-refractivity contribution is -0.144. The van der Waals surface area contributed by atoms with E-state index >= 15 is 0 Å². The minimum Gasteiger partial charge on any atom is -0.466 e. The van der Waals surface area contributed by atoms with Crippen LogP contribution >= 0.6 is 15.9 Å². The van der Waals surface area contributed by atoms with Crippen molar-refractivity contribution in [1.82, 2.24) is 0 Å². The Morgan fingerprint density at radius 2 is 2.27 bits per heavy atom. The molecule has 2 rings (SSSR count). The Morgan fingerprint density at radius 3 is 2.93 bits per heavy atom. The SMILES string of the molecule is CCOC(=O)[C@H]1C[C@@H]1c1ccccc1Br. The van der Waals surface area contributed by atoms with Crippen LogP contribution in [0.2, 0.25) is 0 Å². The second-order valence-electron chi connectivity index (χ2n) is 3.72. The van der Waals surface area contributed by atoms with Gasteiger partial charge in [0.2, 0.25) is 0 Å². The van der Waals surface area contributed by atoms with E-state index < -0.39 is 0 Å². The van der Waals surface area contributed by atoms with E-state index in [2.05, 4.69) is 22.0 Å². The van der Waals surface area contributed by atoms with E-state index in [1.807, 2.05) is 25.1 Å². The number of rotatable bonds is 3. The second-order valence-corrected chi connectivity index (χ2v) is 4.58. The third kappa shape index (κ3) is 2.23. The van der Waals surface area contributed by atoms with Crippen LogP contribution in [0, 0.1) is 5.92 Å². The smallest absolute Gasteiger partial charge is 0.309 e. The predicted octanol–water partition coefficient (Wildman–Crippen LogP) is 3.12. The normalized spacial score (nSPS) is 23.6. The molecule has 0 saturated heterocycles. The summed E-state index contributed by atoms with van der Waals surface area (Å²) in [5.41, 5.74) is 1.22. The van der Waals surface area contributed by atoms with Gasteiger partial charge in [-0.25, -0.2) is 0 Å². The van der Waals surface area contributed by atoms with Gasteiger partial charge < -0.3 is 4.74 Å². The van der Waals surface area contributed by atoms with Gasteiger partial charge in [0, 0.05) is 4.47 Å². The van der Waals surface area contributed by atoms with Gasteiger partial charge in [-0.05, 0) is 30.9 Å². The molecular weight excluding hydrogens is 256 g/mol. The maximum atomic E-state index is 11.5. The minimum atomic E-state index is -0.0572. The molecule has 80 valence electrons. The van der Waals surface area contributed by atoms with Gasteiger partial charge in [-0.15, -0.1) is 0 Å². The van der Waals surface area contributed by atoms with Crippen molar-refractivity contribution in [3.8, 4) is 0 Å². The third-order valence-corrected chi connectivity index (χ3v) is 3.41. The Bertz CT molecular complexity index is 376. The van der Waals surface area contributed by atoms with Gasteiger partial charge in [0.25, 0.3) is 0 Å². The highest BCUT2D eigenvalue weighted by Gasteiger charge is 2.45. The Hall–Kier alpha value is -0.830. The molecule has 1 aromatic rings. The number of hydrogen-bond acceptors (Lipinski definition) is 2. The van der Waals surface area contributed by atoms with Gasteiger partial charge in [0.15, 0.2) is 0 Å². The highest BCUT2D eigenvalue weighted by atomic mass is 79.9. The molecule has 0 heterocycles. The van der Waals surface area contributed by atoms with Crippen molar-refractivity contribution in [2.75, 3.05) is 6.61 Å². The zero-order valence-electron chi connectivity index (χ0n) is 8.57. The molecule has 1 saturated carbocycles. The lowest BCUT2D eigenvalue weighted by atomic mass is 10.1. The van der Waals surface area contributed by atoms with Crippen LogP contribution in [0.15, 0.2) is 28.7 Å². The Kier molecular flexibility index (Phi) is 3.10. The summed E-state index contributed by atoms with van der Waals surface area (Å²) in [5, 5.41) is 0. The van der Waals surface area contributed by atoms with Crippen molar-refractivity contribution in [2.24, 2.45) is 5.92 Å². The molecule has 2 nitrogen and oxygen atoms in total. The van der Waals surface area contributed by atoms with Gasteiger partial charge in [0.05, 0.1) is 12.5 Å². The molecule has 1 fully saturated rings. The van der Waals surface area contributed by atoms with Crippen LogP contribution in [0.4, 0.5) is 0 Å². The average molecular weight is 269 g/mol. The predicted molar refractivity (Wildman–Crippen MR) is 61.6 cm³/mol. The second kappa shape index (κ2) is 4.35. The van der Waals surface area contributed by atoms with Crippen molar-refractivity contribution in [1.29, 1.82) is 0 Å². The van der Waals surface area contributed by atoms with Crippen molar-refractivity contribution < 1.29 is 9.53 Å². The molecule has 0 bridgehead atoms. The van der Waals surface area contributed by atoms with Crippen LogP contribution in [0.25, 0.3) is 0 Å². The van der Waals surface area contributed by atoms with Gasteiger partial charge in [-0.2, -0.15) is 0 Å². The lowest BCUT2D eigenvalue weighted by Gasteiger charge is -2.03. The Morgan fingerprint density at radius 1 is 1.53 bits per heavy atom. The van der Waals surface area contributed by atoms with Crippen molar-refractivity contribution in [2.45, 2.75) is 19.3 Å². The Balaban J connectivity index is 2.05. The summed E-state index contributed by atoms with van der Waals surface area (Å²) >= 11 is 3.50. The third-order valence-electron chi connectivity index (χ3n) is 2.68. The molecule has 0 aromatic heterocycles. The molecular formula is C12H13BrO2. The quantitative estimate of drug-likeness (QED) is 0.788. The van der Waals surface area contributed by atoms with Crippen LogP contribution in [-0.2, 0) is 9.53 Å². The molecule has 0 unspecified atom stereocenters. The highest BCUT2D eigenvalue weighted by molar-refractivity contribution is 9.10. The first-order chi connectivity index (χ1) is 7.24. The molecule has 1 aliphatic carbocycles. The monoisotopic (exact) mass is 268 g/mol. The fraction of sp³-hybridized carbons (Fsp3) is 0.417. The fourth-order valence-corrected chi connectivity index (χ4v) is 2.40. The number of benzene rings is 1. The number of carbonyl (C=O) groups excluding carboxylic acids is 1. The van der Waals surface area contributed by atoms with Crippen LogP contribution < -0.4 is 0 Å². The van der Waals surface area contributed by atoms with Gasteiger partial charge >= 0.3 is 5.97 Å². The summed E-state index contributed by atoms with van der Waals surface area (Å²) in [6.45, 7) is 2.31. The number of ether oxygens (including phenoxy) is 1. The maximum Gasteiger partial charge on any atom is 0.309 e. The summed E-state index contributed by atoms with van der Waals surface area (Å²) in [4.78, 5) is 11.5. The number of carbonyl (C=O) groups is 1. The molecule has 0 spiro atoms. The van der Waals surface area contributed by atoms with E-state index in [1.165, 1.54) is 5.56 Å². The first-order valence-electron chi connectivity index (χ1n) is 5.15. The molecule has 0 radical (unpaired) electrons. The van der Waals surface area contributed by atoms with E-state index in [0.717, 1.165) is 10.9 Å². The first kappa shape index (κ1) is 10.7.